The van der Waals surface area contributed by atoms with Crippen LogP contribution in [0.25, 0.3) is 0 Å². The molecule has 0 heterocycles. The fraction of sp³-hybridized carbons (Fsp3) is 0.500. The SMILES string of the molecule is C.O=C=O.[Ni]. The van der Waals surface area contributed by atoms with Gasteiger partial charge in [-0.05, 0) is 0 Å². The topological polar surface area (TPSA) is 34.1 Å². The fourth-order valence-electron chi connectivity index (χ4n) is 0. The van der Waals surface area contributed by atoms with E-state index in [0.29, 0.717) is 0 Å². The minimum absolute atomic E-state index is 0. The zero-order valence-corrected chi connectivity index (χ0v) is 2.62. The Morgan fingerprint density at radius 2 is 1.20 bits per heavy atom. The van der Waals surface area contributed by atoms with Crippen LogP contribution in [0.15, 0.2) is 0 Å². The fourth-order valence-corrected chi connectivity index (χ4v) is 0. The van der Waals surface area contributed by atoms with E-state index in [2.05, 4.69) is 0 Å². The molecule has 0 rings (SSSR count). The first-order valence-corrected chi connectivity index (χ1v) is 0.408. The Labute approximate surface area is 40.5 Å². The molecule has 0 aromatic heterocycles. The van der Waals surface area contributed by atoms with Gasteiger partial charge in [-0.3, -0.25) is 0 Å². The summed E-state index contributed by atoms with van der Waals surface area (Å²) in [6.45, 7) is 0. The number of hydrogen-bond acceptors (Lipinski definition) is 2. The van der Waals surface area contributed by atoms with Gasteiger partial charge < -0.3 is 0 Å². The van der Waals surface area contributed by atoms with Crippen molar-refractivity contribution < 1.29 is 26.1 Å². The van der Waals surface area contributed by atoms with Crippen molar-refractivity contribution in [2.24, 2.45) is 0 Å². The Morgan fingerprint density at radius 1 is 1.20 bits per heavy atom. The van der Waals surface area contributed by atoms with Crippen molar-refractivity contribution in [3.05, 3.63) is 0 Å². The average Bonchev–Trinajstić information content (AvgIpc) is 0.918. The van der Waals surface area contributed by atoms with Gasteiger partial charge in [-0.2, -0.15) is 9.59 Å². The quantitative estimate of drug-likeness (QED) is 0.422. The zero-order chi connectivity index (χ0) is 2.71. The van der Waals surface area contributed by atoms with Gasteiger partial charge in [-0.25, -0.2) is 0 Å². The van der Waals surface area contributed by atoms with Crippen molar-refractivity contribution in [2.45, 2.75) is 7.43 Å². The van der Waals surface area contributed by atoms with Crippen molar-refractivity contribution in [3.8, 4) is 0 Å². The van der Waals surface area contributed by atoms with E-state index in [9.17, 15) is 0 Å². The maximum Gasteiger partial charge on any atom is 0.373 e. The summed E-state index contributed by atoms with van der Waals surface area (Å²) in [5, 5.41) is 0. The van der Waals surface area contributed by atoms with Crippen LogP contribution in [0.3, 0.4) is 0 Å². The van der Waals surface area contributed by atoms with Crippen molar-refractivity contribution in [3.63, 3.8) is 0 Å². The van der Waals surface area contributed by atoms with Crippen molar-refractivity contribution in [2.75, 3.05) is 0 Å². The largest absolute Gasteiger partial charge is 0.373 e. The van der Waals surface area contributed by atoms with Gasteiger partial charge in [0.15, 0.2) is 0 Å². The Kier molecular flexibility index (Phi) is 175. The second-order valence-corrected chi connectivity index (χ2v) is 0.0833. The molecule has 0 amide bonds. The second-order valence-electron chi connectivity index (χ2n) is 0.0833. The predicted molar refractivity (Wildman–Crippen MR) is 11.7 cm³/mol. The molecule has 0 N–H and O–H groups in total. The summed E-state index contributed by atoms with van der Waals surface area (Å²) in [6.07, 6.45) is 0.250. The Morgan fingerprint density at radius 3 is 1.20 bits per heavy atom. The molecule has 0 saturated heterocycles. The molecule has 0 bridgehead atoms. The van der Waals surface area contributed by atoms with Crippen LogP contribution in [-0.4, -0.2) is 6.15 Å². The molecule has 0 radical (unpaired) electrons. The minimum atomic E-state index is 0. The monoisotopic (exact) mass is 118 g/mol. The zero-order valence-electron chi connectivity index (χ0n) is 1.63. The molecular weight excluding hydrogens is 115 g/mol. The van der Waals surface area contributed by atoms with Crippen LogP contribution in [0, 0.1) is 0 Å². The summed E-state index contributed by atoms with van der Waals surface area (Å²) in [7, 11) is 0. The van der Waals surface area contributed by atoms with Gasteiger partial charge >= 0.3 is 6.15 Å². The van der Waals surface area contributed by atoms with Gasteiger partial charge in [0.2, 0.25) is 0 Å². The molecule has 0 aliphatic carbocycles. The van der Waals surface area contributed by atoms with Crippen LogP contribution in [0.2, 0.25) is 0 Å². The normalized spacial score (nSPS) is 1.60. The van der Waals surface area contributed by atoms with Crippen molar-refractivity contribution >= 4 is 6.15 Å². The van der Waals surface area contributed by atoms with E-state index >= 15 is 0 Å². The van der Waals surface area contributed by atoms with Gasteiger partial charge in [0.25, 0.3) is 0 Å². The van der Waals surface area contributed by atoms with Crippen LogP contribution in [0.4, 0.5) is 0 Å². The third-order valence-electron chi connectivity index (χ3n) is 0. The van der Waals surface area contributed by atoms with Crippen LogP contribution in [0.1, 0.15) is 7.43 Å². The maximum atomic E-state index is 8.12. The van der Waals surface area contributed by atoms with Gasteiger partial charge in [0.05, 0.1) is 0 Å². The summed E-state index contributed by atoms with van der Waals surface area (Å²) in [4.78, 5) is 16.2. The number of rotatable bonds is 0. The summed E-state index contributed by atoms with van der Waals surface area (Å²) in [5.74, 6) is 0. The molecule has 0 fully saturated rings. The standard InChI is InChI=1S/CO2.CH4.Ni/c2-1-3;;/h;1H4;. The average molecular weight is 119 g/mol. The third kappa shape index (κ3) is 850. The van der Waals surface area contributed by atoms with Gasteiger partial charge in [0.1, 0.15) is 0 Å². The van der Waals surface area contributed by atoms with E-state index in [4.69, 9.17) is 9.59 Å². The molecule has 0 spiro atoms. The van der Waals surface area contributed by atoms with Crippen LogP contribution in [-0.2, 0) is 26.1 Å². The predicted octanol–water partition coefficient (Wildman–Crippen LogP) is 0.0501. The van der Waals surface area contributed by atoms with E-state index in [0.717, 1.165) is 0 Å². The first-order valence-electron chi connectivity index (χ1n) is 0.408. The van der Waals surface area contributed by atoms with Gasteiger partial charge in [-0.1, -0.05) is 7.43 Å². The maximum absolute atomic E-state index is 8.12. The van der Waals surface area contributed by atoms with Crippen molar-refractivity contribution in [1.82, 2.24) is 0 Å². The molecule has 0 atom stereocenters. The van der Waals surface area contributed by atoms with Crippen LogP contribution >= 0.6 is 0 Å². The van der Waals surface area contributed by atoms with Crippen LogP contribution < -0.4 is 0 Å². The molecule has 0 aromatic rings. The number of hydrogen-bond donors (Lipinski definition) is 0. The minimum Gasteiger partial charge on any atom is -0.186 e. The Bertz CT molecular complexity index is 28.6. The summed E-state index contributed by atoms with van der Waals surface area (Å²) < 4.78 is 0. The molecule has 2 nitrogen and oxygen atoms in total. The summed E-state index contributed by atoms with van der Waals surface area (Å²) >= 11 is 0. The molecule has 0 aliphatic heterocycles. The first-order chi connectivity index (χ1) is 1.41. The molecule has 0 saturated carbocycles. The third-order valence-corrected chi connectivity index (χ3v) is 0. The van der Waals surface area contributed by atoms with E-state index < -0.39 is 0 Å². The Hall–Kier alpha value is -0.126. The van der Waals surface area contributed by atoms with E-state index in [1.54, 1.807) is 0 Å². The summed E-state index contributed by atoms with van der Waals surface area (Å²) in [5.41, 5.74) is 0. The van der Waals surface area contributed by atoms with E-state index in [1.807, 2.05) is 0 Å². The van der Waals surface area contributed by atoms with Crippen LogP contribution in [0.5, 0.6) is 0 Å². The molecule has 0 aromatic carbocycles. The second kappa shape index (κ2) is 41.9. The molecule has 3 heteroatoms. The van der Waals surface area contributed by atoms with E-state index in [-0.39, 0.29) is 30.1 Å². The number of carbonyl (C=O) groups excluding carboxylic acids is 2. The molecular formula is C2H4NiO2. The summed E-state index contributed by atoms with van der Waals surface area (Å²) in [6, 6.07) is 0. The molecule has 0 unspecified atom stereocenters. The first kappa shape index (κ1) is 20.8. The molecule has 34 valence electrons. The Balaban J connectivity index is -0.0000000200. The smallest absolute Gasteiger partial charge is 0.186 e. The molecule has 5 heavy (non-hydrogen) atoms. The molecule has 0 aliphatic rings. The van der Waals surface area contributed by atoms with Gasteiger partial charge in [-0.15, -0.1) is 0 Å². The van der Waals surface area contributed by atoms with E-state index in [1.165, 1.54) is 0 Å². The van der Waals surface area contributed by atoms with Gasteiger partial charge in [0, 0.05) is 16.5 Å². The van der Waals surface area contributed by atoms with Crippen molar-refractivity contribution in [1.29, 1.82) is 0 Å².